The predicted octanol–water partition coefficient (Wildman–Crippen LogP) is 3.37. The number of fused-ring (bicyclic) bond motifs is 1. The Bertz CT molecular complexity index is 532. The van der Waals surface area contributed by atoms with E-state index in [0.29, 0.717) is 13.0 Å². The molecule has 1 aromatic heterocycles. The fourth-order valence-corrected chi connectivity index (χ4v) is 1.85. The minimum atomic E-state index is 0.238. The van der Waals surface area contributed by atoms with Gasteiger partial charge in [0, 0.05) is 18.0 Å². The Kier molecular flexibility index (Phi) is 4.29. The first kappa shape index (κ1) is 12.6. The Balaban J connectivity index is 1.93. The lowest BCUT2D eigenvalue weighted by atomic mass is 10.2. The number of pyridine rings is 1. The molecule has 0 unspecified atom stereocenters. The van der Waals surface area contributed by atoms with Crippen LogP contribution in [0.15, 0.2) is 36.5 Å². The first-order valence-electron chi connectivity index (χ1n) is 6.23. The summed E-state index contributed by atoms with van der Waals surface area (Å²) in [6.45, 7) is 2.25. The molecule has 0 radical (unpaired) electrons. The number of ketones is 1. The number of unbranched alkanes of at least 4 members (excludes halogenated alkanes) is 1. The molecule has 0 saturated heterocycles. The molecule has 3 nitrogen and oxygen atoms in total. The monoisotopic (exact) mass is 243 g/mol. The number of para-hydroxylation sites is 1. The fourth-order valence-electron chi connectivity index (χ4n) is 1.85. The number of aromatic nitrogens is 1. The Morgan fingerprint density at radius 1 is 1.22 bits per heavy atom. The Labute approximate surface area is 107 Å². The second kappa shape index (κ2) is 6.15. The van der Waals surface area contributed by atoms with Gasteiger partial charge in [-0.15, -0.1) is 0 Å². The van der Waals surface area contributed by atoms with Gasteiger partial charge in [0.2, 0.25) is 0 Å². The van der Waals surface area contributed by atoms with Gasteiger partial charge >= 0.3 is 0 Å². The molecule has 94 valence electrons. The molecule has 2 rings (SSSR count). The van der Waals surface area contributed by atoms with E-state index < -0.39 is 0 Å². The zero-order valence-electron chi connectivity index (χ0n) is 10.6. The Morgan fingerprint density at radius 3 is 2.89 bits per heavy atom. The molecule has 0 aliphatic heterocycles. The van der Waals surface area contributed by atoms with Gasteiger partial charge in [0.1, 0.15) is 17.0 Å². The van der Waals surface area contributed by atoms with Gasteiger partial charge in [-0.2, -0.15) is 0 Å². The van der Waals surface area contributed by atoms with Gasteiger partial charge < -0.3 is 9.53 Å². The zero-order valence-corrected chi connectivity index (χ0v) is 10.6. The van der Waals surface area contributed by atoms with Gasteiger partial charge in [-0.25, -0.2) is 0 Å². The average Bonchev–Trinajstić information content (AvgIpc) is 2.38. The van der Waals surface area contributed by atoms with Crippen LogP contribution in [0, 0.1) is 0 Å². The number of hydrogen-bond donors (Lipinski definition) is 0. The molecule has 0 N–H and O–H groups in total. The van der Waals surface area contributed by atoms with Gasteiger partial charge in [-0.05, 0) is 31.9 Å². The summed E-state index contributed by atoms with van der Waals surface area (Å²) in [5, 5.41) is 1.08. The number of nitrogens with zero attached hydrogens (tertiary/aromatic N) is 1. The van der Waals surface area contributed by atoms with Crippen LogP contribution in [0.25, 0.3) is 10.9 Å². The van der Waals surface area contributed by atoms with Crippen molar-refractivity contribution in [2.75, 3.05) is 6.61 Å². The first-order valence-corrected chi connectivity index (χ1v) is 6.23. The van der Waals surface area contributed by atoms with Gasteiger partial charge in [0.15, 0.2) is 0 Å². The van der Waals surface area contributed by atoms with Gasteiger partial charge in [0.05, 0.1) is 6.61 Å². The van der Waals surface area contributed by atoms with E-state index in [9.17, 15) is 4.79 Å². The lowest BCUT2D eigenvalue weighted by Crippen LogP contribution is -2.00. The standard InChI is InChI=1S/C15H17NO2/c1-12(17)6-2-3-11-18-14-9-4-7-13-8-5-10-16-15(13)14/h4-5,7-10H,2-3,6,11H2,1H3. The summed E-state index contributed by atoms with van der Waals surface area (Å²) in [6.07, 6.45) is 4.18. The van der Waals surface area contributed by atoms with Crippen molar-refractivity contribution < 1.29 is 9.53 Å². The summed E-state index contributed by atoms with van der Waals surface area (Å²) >= 11 is 0. The minimum Gasteiger partial charge on any atom is -0.491 e. The van der Waals surface area contributed by atoms with Crippen LogP contribution in [0.1, 0.15) is 26.2 Å². The molecule has 0 amide bonds. The minimum absolute atomic E-state index is 0.238. The van der Waals surface area contributed by atoms with Crippen LogP contribution < -0.4 is 4.74 Å². The highest BCUT2D eigenvalue weighted by Gasteiger charge is 2.02. The van der Waals surface area contributed by atoms with E-state index in [1.54, 1.807) is 13.1 Å². The first-order chi connectivity index (χ1) is 8.77. The third-order valence-corrected chi connectivity index (χ3v) is 2.78. The van der Waals surface area contributed by atoms with Crippen molar-refractivity contribution in [1.29, 1.82) is 0 Å². The van der Waals surface area contributed by atoms with Gasteiger partial charge in [0.25, 0.3) is 0 Å². The SMILES string of the molecule is CC(=O)CCCCOc1cccc2cccnc12. The van der Waals surface area contributed by atoms with E-state index in [1.165, 1.54) is 0 Å². The third-order valence-electron chi connectivity index (χ3n) is 2.78. The number of Topliss-reactive ketones (excluding diaryl/α,β-unsaturated/α-hetero) is 1. The highest BCUT2D eigenvalue weighted by Crippen LogP contribution is 2.23. The summed E-state index contributed by atoms with van der Waals surface area (Å²) in [5.74, 6) is 1.05. The maximum atomic E-state index is 10.8. The molecule has 0 spiro atoms. The third kappa shape index (κ3) is 3.29. The Hall–Kier alpha value is -1.90. The van der Waals surface area contributed by atoms with E-state index >= 15 is 0 Å². The highest BCUT2D eigenvalue weighted by atomic mass is 16.5. The maximum Gasteiger partial charge on any atom is 0.145 e. The molecule has 0 saturated carbocycles. The normalized spacial score (nSPS) is 10.5. The molecule has 0 fully saturated rings. The predicted molar refractivity (Wildman–Crippen MR) is 71.8 cm³/mol. The molecular weight excluding hydrogens is 226 g/mol. The van der Waals surface area contributed by atoms with Crippen molar-refractivity contribution in [2.45, 2.75) is 26.2 Å². The van der Waals surface area contributed by atoms with Crippen LogP contribution in [0.4, 0.5) is 0 Å². The van der Waals surface area contributed by atoms with E-state index in [-0.39, 0.29) is 5.78 Å². The largest absolute Gasteiger partial charge is 0.491 e. The van der Waals surface area contributed by atoms with Crippen LogP contribution in [0.2, 0.25) is 0 Å². The molecule has 0 aliphatic carbocycles. The lowest BCUT2D eigenvalue weighted by Gasteiger charge is -2.08. The van der Waals surface area contributed by atoms with Gasteiger partial charge in [-0.3, -0.25) is 4.98 Å². The Morgan fingerprint density at radius 2 is 2.06 bits per heavy atom. The molecule has 1 heterocycles. The van der Waals surface area contributed by atoms with Crippen molar-refractivity contribution in [1.82, 2.24) is 4.98 Å². The van der Waals surface area contributed by atoms with Crippen molar-refractivity contribution >= 4 is 16.7 Å². The van der Waals surface area contributed by atoms with Crippen molar-refractivity contribution in [3.8, 4) is 5.75 Å². The summed E-state index contributed by atoms with van der Waals surface area (Å²) in [6, 6.07) is 9.85. The van der Waals surface area contributed by atoms with Crippen LogP contribution >= 0.6 is 0 Å². The number of hydrogen-bond acceptors (Lipinski definition) is 3. The van der Waals surface area contributed by atoms with E-state index in [1.807, 2.05) is 30.3 Å². The zero-order chi connectivity index (χ0) is 12.8. The maximum absolute atomic E-state index is 10.8. The van der Waals surface area contributed by atoms with Crippen LogP contribution in [0.5, 0.6) is 5.75 Å². The van der Waals surface area contributed by atoms with Gasteiger partial charge in [-0.1, -0.05) is 18.2 Å². The van der Waals surface area contributed by atoms with Crippen molar-refractivity contribution in [2.24, 2.45) is 0 Å². The molecule has 3 heteroatoms. The summed E-state index contributed by atoms with van der Waals surface area (Å²) < 4.78 is 5.73. The van der Waals surface area contributed by atoms with Crippen LogP contribution in [-0.4, -0.2) is 17.4 Å². The summed E-state index contributed by atoms with van der Waals surface area (Å²) in [5.41, 5.74) is 0.895. The second-order valence-corrected chi connectivity index (χ2v) is 4.34. The van der Waals surface area contributed by atoms with Crippen molar-refractivity contribution in [3.63, 3.8) is 0 Å². The molecule has 0 atom stereocenters. The van der Waals surface area contributed by atoms with Crippen LogP contribution in [0.3, 0.4) is 0 Å². The number of ether oxygens (including phenoxy) is 1. The number of carbonyl (C=O) groups excluding carboxylic acids is 1. The second-order valence-electron chi connectivity index (χ2n) is 4.34. The molecule has 2 aromatic rings. The molecular formula is C15H17NO2. The molecule has 0 bridgehead atoms. The topological polar surface area (TPSA) is 39.2 Å². The quantitative estimate of drug-likeness (QED) is 0.730. The van der Waals surface area contributed by atoms with Crippen LogP contribution in [-0.2, 0) is 4.79 Å². The van der Waals surface area contributed by atoms with Crippen molar-refractivity contribution in [3.05, 3.63) is 36.5 Å². The number of benzene rings is 1. The number of rotatable bonds is 6. The highest BCUT2D eigenvalue weighted by molar-refractivity contribution is 5.84. The fraction of sp³-hybridized carbons (Fsp3) is 0.333. The van der Waals surface area contributed by atoms with E-state index in [2.05, 4.69) is 4.98 Å². The average molecular weight is 243 g/mol. The molecule has 0 aliphatic rings. The number of carbonyl (C=O) groups is 1. The summed E-state index contributed by atoms with van der Waals surface area (Å²) in [4.78, 5) is 15.1. The molecule has 1 aromatic carbocycles. The summed E-state index contributed by atoms with van der Waals surface area (Å²) in [7, 11) is 0. The smallest absolute Gasteiger partial charge is 0.145 e. The van der Waals surface area contributed by atoms with E-state index in [0.717, 1.165) is 29.5 Å². The molecule has 18 heavy (non-hydrogen) atoms. The van der Waals surface area contributed by atoms with E-state index in [4.69, 9.17) is 4.74 Å². The lowest BCUT2D eigenvalue weighted by molar-refractivity contribution is -0.117.